The minimum atomic E-state index is -1.44. The molecule has 1 aliphatic heterocycles. The van der Waals surface area contributed by atoms with E-state index in [-0.39, 0.29) is 18.7 Å². The van der Waals surface area contributed by atoms with Gasteiger partial charge in [-0.3, -0.25) is 19.3 Å². The molecule has 1 saturated heterocycles. The summed E-state index contributed by atoms with van der Waals surface area (Å²) < 4.78 is 26.9. The van der Waals surface area contributed by atoms with Crippen molar-refractivity contribution in [2.45, 2.75) is 25.6 Å². The topological polar surface area (TPSA) is 119 Å². The van der Waals surface area contributed by atoms with Crippen LogP contribution in [0.3, 0.4) is 0 Å². The summed E-state index contributed by atoms with van der Waals surface area (Å²) in [4.78, 5) is 54.1. The smallest absolute Gasteiger partial charge is 0.323 e. The van der Waals surface area contributed by atoms with Crippen molar-refractivity contribution in [3.63, 3.8) is 0 Å². The van der Waals surface area contributed by atoms with Crippen molar-refractivity contribution in [1.29, 1.82) is 0 Å². The predicted molar refractivity (Wildman–Crippen MR) is 138 cm³/mol. The predicted octanol–water partition coefficient (Wildman–Crippen LogP) is 3.92. The second kappa shape index (κ2) is 11.7. The molecule has 9 nitrogen and oxygen atoms in total. The Hall–Kier alpha value is -4.80. The van der Waals surface area contributed by atoms with Crippen molar-refractivity contribution in [2.75, 3.05) is 18.4 Å². The molecule has 0 aliphatic carbocycles. The van der Waals surface area contributed by atoms with E-state index in [1.807, 2.05) is 6.92 Å². The third-order valence-corrected chi connectivity index (χ3v) is 6.29. The number of aliphatic carboxylic acids is 1. The Morgan fingerprint density at radius 2 is 1.44 bits per heavy atom. The molecular formula is C28H26F2N4O5. The summed E-state index contributed by atoms with van der Waals surface area (Å²) in [5, 5.41) is 14.7. The minimum Gasteiger partial charge on any atom is -0.481 e. The lowest BCUT2D eigenvalue weighted by Crippen LogP contribution is -2.55. The Balaban J connectivity index is 1.63. The van der Waals surface area contributed by atoms with Crippen molar-refractivity contribution in [3.05, 3.63) is 101 Å². The quantitative estimate of drug-likeness (QED) is 0.423. The highest BCUT2D eigenvalue weighted by atomic mass is 19.1. The van der Waals surface area contributed by atoms with Gasteiger partial charge in [0.25, 0.3) is 11.8 Å². The van der Waals surface area contributed by atoms with Gasteiger partial charge in [0.1, 0.15) is 11.6 Å². The van der Waals surface area contributed by atoms with E-state index < -0.39 is 54.1 Å². The zero-order chi connectivity index (χ0) is 28.1. The van der Waals surface area contributed by atoms with Crippen LogP contribution in [0, 0.1) is 18.6 Å². The standard InChI is InChI=1S/C28H26F2N4O5/c1-17-2-12-22(13-3-17)31-28(39)34-15-14-33(27(38)19-6-10-21(30)11-7-19)26(34)25(37)32-23(16-24(35)36)18-4-8-20(29)9-5-18/h2-13,23,26H,14-16H2,1H3,(H,31,39)(H,32,37)(H,35,36). The fraction of sp³-hybridized carbons (Fsp3) is 0.214. The molecule has 0 bridgehead atoms. The lowest BCUT2D eigenvalue weighted by atomic mass is 10.0. The maximum absolute atomic E-state index is 13.6. The Morgan fingerprint density at radius 3 is 2.03 bits per heavy atom. The second-order valence-corrected chi connectivity index (χ2v) is 9.08. The molecule has 0 spiro atoms. The van der Waals surface area contributed by atoms with Gasteiger partial charge in [0.05, 0.1) is 12.5 Å². The summed E-state index contributed by atoms with van der Waals surface area (Å²) in [5.74, 6) is -3.72. The summed E-state index contributed by atoms with van der Waals surface area (Å²) in [6.45, 7) is 1.89. The number of carboxylic acids is 1. The zero-order valence-electron chi connectivity index (χ0n) is 20.9. The SMILES string of the molecule is Cc1ccc(NC(=O)N2CCN(C(=O)c3ccc(F)cc3)C2C(=O)NC(CC(=O)O)c2ccc(F)cc2)cc1. The first-order chi connectivity index (χ1) is 18.6. The molecular weight excluding hydrogens is 510 g/mol. The number of carboxylic acid groups (broad SMARTS) is 1. The molecule has 4 amide bonds. The van der Waals surface area contributed by atoms with Gasteiger partial charge in [-0.05, 0) is 61.0 Å². The number of rotatable bonds is 7. The molecule has 11 heteroatoms. The average molecular weight is 537 g/mol. The molecule has 202 valence electrons. The van der Waals surface area contributed by atoms with Crippen molar-refractivity contribution in [1.82, 2.24) is 15.1 Å². The number of benzene rings is 3. The molecule has 2 unspecified atom stereocenters. The molecule has 1 heterocycles. The number of carbonyl (C=O) groups is 4. The molecule has 4 rings (SSSR count). The first-order valence-corrected chi connectivity index (χ1v) is 12.1. The van der Waals surface area contributed by atoms with Crippen LogP contribution < -0.4 is 10.6 Å². The summed E-state index contributed by atoms with van der Waals surface area (Å²) >= 11 is 0. The van der Waals surface area contributed by atoms with Gasteiger partial charge in [0.2, 0.25) is 0 Å². The lowest BCUT2D eigenvalue weighted by molar-refractivity contribution is -0.138. The molecule has 2 atom stereocenters. The summed E-state index contributed by atoms with van der Waals surface area (Å²) in [5.41, 5.74) is 1.89. The van der Waals surface area contributed by atoms with E-state index in [4.69, 9.17) is 0 Å². The maximum Gasteiger partial charge on any atom is 0.323 e. The second-order valence-electron chi connectivity index (χ2n) is 9.08. The van der Waals surface area contributed by atoms with Crippen LogP contribution in [0.2, 0.25) is 0 Å². The molecule has 3 N–H and O–H groups in total. The normalized spacial score (nSPS) is 15.5. The van der Waals surface area contributed by atoms with Crippen LogP contribution in [0.5, 0.6) is 0 Å². The molecule has 39 heavy (non-hydrogen) atoms. The van der Waals surface area contributed by atoms with Crippen molar-refractivity contribution in [3.8, 4) is 0 Å². The van der Waals surface area contributed by atoms with E-state index in [0.29, 0.717) is 11.3 Å². The fourth-order valence-corrected chi connectivity index (χ4v) is 4.30. The number of halogens is 2. The zero-order valence-corrected chi connectivity index (χ0v) is 20.9. The highest BCUT2D eigenvalue weighted by Crippen LogP contribution is 2.24. The monoisotopic (exact) mass is 536 g/mol. The highest BCUT2D eigenvalue weighted by molar-refractivity contribution is 6.00. The summed E-state index contributed by atoms with van der Waals surface area (Å²) in [6, 6.07) is 15.0. The van der Waals surface area contributed by atoms with Gasteiger partial charge in [-0.1, -0.05) is 29.8 Å². The van der Waals surface area contributed by atoms with Crippen LogP contribution in [0.25, 0.3) is 0 Å². The highest BCUT2D eigenvalue weighted by Gasteiger charge is 2.43. The van der Waals surface area contributed by atoms with Gasteiger partial charge in [-0.2, -0.15) is 0 Å². The lowest BCUT2D eigenvalue weighted by Gasteiger charge is -2.31. The third-order valence-electron chi connectivity index (χ3n) is 6.29. The van der Waals surface area contributed by atoms with Crippen LogP contribution in [-0.4, -0.2) is 58.0 Å². The van der Waals surface area contributed by atoms with Gasteiger partial charge in [0, 0.05) is 24.3 Å². The summed E-state index contributed by atoms with van der Waals surface area (Å²) in [6.07, 6.45) is -1.96. The van der Waals surface area contributed by atoms with Gasteiger partial charge < -0.3 is 20.6 Å². The van der Waals surface area contributed by atoms with Crippen molar-refractivity contribution >= 4 is 29.5 Å². The maximum atomic E-state index is 13.6. The van der Waals surface area contributed by atoms with E-state index >= 15 is 0 Å². The first kappa shape index (κ1) is 27.2. The number of amides is 4. The van der Waals surface area contributed by atoms with E-state index in [1.165, 1.54) is 34.1 Å². The van der Waals surface area contributed by atoms with Crippen LogP contribution in [-0.2, 0) is 9.59 Å². The Bertz CT molecular complexity index is 1360. The van der Waals surface area contributed by atoms with Crippen molar-refractivity contribution < 1.29 is 33.1 Å². The molecule has 1 fully saturated rings. The fourth-order valence-electron chi connectivity index (χ4n) is 4.30. The number of aryl methyl sites for hydroxylation is 1. The molecule has 0 saturated carbocycles. The van der Waals surface area contributed by atoms with Gasteiger partial charge >= 0.3 is 12.0 Å². The number of nitrogens with zero attached hydrogens (tertiary/aromatic N) is 2. The van der Waals surface area contributed by atoms with E-state index in [9.17, 15) is 33.1 Å². The van der Waals surface area contributed by atoms with E-state index in [0.717, 1.165) is 29.8 Å². The summed E-state index contributed by atoms with van der Waals surface area (Å²) in [7, 11) is 0. The van der Waals surface area contributed by atoms with Crippen LogP contribution in [0.4, 0.5) is 19.3 Å². The average Bonchev–Trinajstić information content (AvgIpc) is 3.35. The molecule has 3 aromatic carbocycles. The first-order valence-electron chi connectivity index (χ1n) is 12.1. The number of nitrogens with one attached hydrogen (secondary N) is 2. The van der Waals surface area contributed by atoms with Gasteiger partial charge in [0.15, 0.2) is 6.17 Å². The number of hydrogen-bond donors (Lipinski definition) is 3. The Morgan fingerprint density at radius 1 is 0.872 bits per heavy atom. The minimum absolute atomic E-state index is 0.00284. The molecule has 0 radical (unpaired) electrons. The van der Waals surface area contributed by atoms with E-state index in [2.05, 4.69) is 10.6 Å². The molecule has 3 aromatic rings. The number of hydrogen-bond acceptors (Lipinski definition) is 4. The Kier molecular flexibility index (Phi) is 8.18. The molecule has 1 aliphatic rings. The number of anilines is 1. The number of carbonyl (C=O) groups excluding carboxylic acids is 3. The third kappa shape index (κ3) is 6.56. The molecule has 0 aromatic heterocycles. The van der Waals surface area contributed by atoms with Gasteiger partial charge in [-0.25, -0.2) is 13.6 Å². The van der Waals surface area contributed by atoms with Crippen LogP contribution in [0.1, 0.15) is 33.9 Å². The largest absolute Gasteiger partial charge is 0.481 e. The van der Waals surface area contributed by atoms with Crippen LogP contribution in [0.15, 0.2) is 72.8 Å². The van der Waals surface area contributed by atoms with Crippen LogP contribution >= 0.6 is 0 Å². The Labute approximate surface area is 223 Å². The number of urea groups is 1. The van der Waals surface area contributed by atoms with Gasteiger partial charge in [-0.15, -0.1) is 0 Å². The van der Waals surface area contributed by atoms with E-state index in [1.54, 1.807) is 24.3 Å². The van der Waals surface area contributed by atoms with Crippen molar-refractivity contribution in [2.24, 2.45) is 0 Å².